The van der Waals surface area contributed by atoms with Gasteiger partial charge in [-0.3, -0.25) is 4.99 Å². The molecule has 0 heterocycles. The lowest BCUT2D eigenvalue weighted by atomic mass is 9.51. The molecule has 2 unspecified atom stereocenters. The van der Waals surface area contributed by atoms with E-state index in [1.54, 1.807) is 7.05 Å². The van der Waals surface area contributed by atoms with Gasteiger partial charge < -0.3 is 20.5 Å². The van der Waals surface area contributed by atoms with Gasteiger partial charge in [-0.2, -0.15) is 0 Å². The highest BCUT2D eigenvalue weighted by molar-refractivity contribution is 5.80. The molecule has 0 amide bonds. The maximum atomic E-state index is 10.2. The van der Waals surface area contributed by atoms with Crippen molar-refractivity contribution >= 4 is 5.96 Å². The van der Waals surface area contributed by atoms with E-state index < -0.39 is 5.60 Å². The molecule has 3 N–H and O–H groups in total. The van der Waals surface area contributed by atoms with Crippen molar-refractivity contribution in [1.82, 2.24) is 10.6 Å². The van der Waals surface area contributed by atoms with E-state index in [1.165, 1.54) is 19.3 Å². The summed E-state index contributed by atoms with van der Waals surface area (Å²) in [6, 6.07) is 0.463. The van der Waals surface area contributed by atoms with Crippen LogP contribution in [0.1, 0.15) is 51.9 Å². The lowest BCUT2D eigenvalue weighted by Crippen LogP contribution is -2.69. The molecule has 0 aromatic rings. The Morgan fingerprint density at radius 2 is 2.00 bits per heavy atom. The van der Waals surface area contributed by atoms with Crippen molar-refractivity contribution in [1.29, 1.82) is 0 Å². The van der Waals surface area contributed by atoms with Crippen LogP contribution >= 0.6 is 0 Å². The first-order valence-corrected chi connectivity index (χ1v) is 8.43. The first-order chi connectivity index (χ1) is 10.1. The Hall–Kier alpha value is -0.810. The van der Waals surface area contributed by atoms with E-state index in [2.05, 4.69) is 22.5 Å². The Morgan fingerprint density at radius 1 is 1.29 bits per heavy atom. The van der Waals surface area contributed by atoms with Crippen LogP contribution in [-0.2, 0) is 4.74 Å². The summed E-state index contributed by atoms with van der Waals surface area (Å²) in [5.41, 5.74) is -0.180. The topological polar surface area (TPSA) is 65.9 Å². The standard InChI is InChI=1S/C16H29N3O2/c1-3-21-13-10-12(16(13)8-5-9-16)19-14(17-2)18-11-15(20)6-4-7-15/h12-13,20H,3-11H2,1-2H3,(H2,17,18,19). The molecular weight excluding hydrogens is 266 g/mol. The van der Waals surface area contributed by atoms with Crippen LogP contribution in [0.5, 0.6) is 0 Å². The summed E-state index contributed by atoms with van der Waals surface area (Å²) in [4.78, 5) is 4.31. The monoisotopic (exact) mass is 295 g/mol. The molecule has 5 nitrogen and oxygen atoms in total. The van der Waals surface area contributed by atoms with Crippen LogP contribution in [0.3, 0.4) is 0 Å². The molecule has 3 saturated carbocycles. The Labute approximate surface area is 127 Å². The number of hydrogen-bond donors (Lipinski definition) is 3. The average molecular weight is 295 g/mol. The third-order valence-corrected chi connectivity index (χ3v) is 5.84. The summed E-state index contributed by atoms with van der Waals surface area (Å²) in [5.74, 6) is 0.821. The van der Waals surface area contributed by atoms with E-state index in [0.717, 1.165) is 38.2 Å². The molecule has 3 rings (SSSR count). The lowest BCUT2D eigenvalue weighted by Gasteiger charge is -2.61. The van der Waals surface area contributed by atoms with E-state index >= 15 is 0 Å². The Balaban J connectivity index is 1.50. The van der Waals surface area contributed by atoms with E-state index in [1.807, 2.05) is 0 Å². The minimum atomic E-state index is -0.515. The lowest BCUT2D eigenvalue weighted by molar-refractivity contribution is -0.168. The van der Waals surface area contributed by atoms with Crippen molar-refractivity contribution in [2.24, 2.45) is 10.4 Å². The molecule has 1 spiro atoms. The zero-order chi connectivity index (χ0) is 14.9. The number of aliphatic hydroxyl groups is 1. The molecule has 0 aromatic heterocycles. The molecule has 5 heteroatoms. The molecule has 3 aliphatic rings. The predicted molar refractivity (Wildman–Crippen MR) is 83.4 cm³/mol. The zero-order valence-corrected chi connectivity index (χ0v) is 13.3. The summed E-state index contributed by atoms with van der Waals surface area (Å²) in [6.45, 7) is 3.48. The number of aliphatic imine (C=N–C) groups is 1. The average Bonchev–Trinajstić information content (AvgIpc) is 2.37. The fourth-order valence-electron chi connectivity index (χ4n) is 4.01. The van der Waals surface area contributed by atoms with Gasteiger partial charge in [0.15, 0.2) is 5.96 Å². The van der Waals surface area contributed by atoms with Gasteiger partial charge in [-0.05, 0) is 45.4 Å². The highest BCUT2D eigenvalue weighted by atomic mass is 16.5. The molecule has 21 heavy (non-hydrogen) atoms. The van der Waals surface area contributed by atoms with Crippen LogP contribution in [-0.4, -0.2) is 49.0 Å². The molecule has 3 aliphatic carbocycles. The first-order valence-electron chi connectivity index (χ1n) is 8.43. The smallest absolute Gasteiger partial charge is 0.191 e. The molecule has 0 saturated heterocycles. The molecule has 120 valence electrons. The van der Waals surface area contributed by atoms with Gasteiger partial charge in [0, 0.05) is 31.7 Å². The molecule has 0 aliphatic heterocycles. The predicted octanol–water partition coefficient (Wildman–Crippen LogP) is 1.41. The van der Waals surface area contributed by atoms with Crippen molar-refractivity contribution in [2.45, 2.75) is 69.6 Å². The number of ether oxygens (including phenoxy) is 1. The number of nitrogens with one attached hydrogen (secondary N) is 2. The van der Waals surface area contributed by atoms with Crippen LogP contribution in [0.4, 0.5) is 0 Å². The Bertz CT molecular complexity index is 402. The maximum Gasteiger partial charge on any atom is 0.191 e. The van der Waals surface area contributed by atoms with Crippen molar-refractivity contribution < 1.29 is 9.84 Å². The van der Waals surface area contributed by atoms with Gasteiger partial charge >= 0.3 is 0 Å². The Kier molecular flexibility index (Phi) is 4.14. The quantitative estimate of drug-likeness (QED) is 0.530. The highest BCUT2D eigenvalue weighted by Crippen LogP contribution is 2.57. The van der Waals surface area contributed by atoms with E-state index in [4.69, 9.17) is 4.74 Å². The number of hydrogen-bond acceptors (Lipinski definition) is 3. The van der Waals surface area contributed by atoms with Gasteiger partial charge in [-0.25, -0.2) is 0 Å². The Morgan fingerprint density at radius 3 is 2.48 bits per heavy atom. The summed E-state index contributed by atoms with van der Waals surface area (Å²) in [5, 5.41) is 17.0. The number of rotatable bonds is 5. The summed E-state index contributed by atoms with van der Waals surface area (Å²) >= 11 is 0. The van der Waals surface area contributed by atoms with Gasteiger partial charge in [-0.1, -0.05) is 6.42 Å². The van der Waals surface area contributed by atoms with E-state index in [-0.39, 0.29) is 0 Å². The molecule has 3 fully saturated rings. The van der Waals surface area contributed by atoms with Crippen LogP contribution in [0, 0.1) is 5.41 Å². The molecule has 0 aromatic carbocycles. The fourth-order valence-corrected chi connectivity index (χ4v) is 4.01. The third kappa shape index (κ3) is 2.66. The van der Waals surface area contributed by atoms with Crippen molar-refractivity contribution in [3.8, 4) is 0 Å². The van der Waals surface area contributed by atoms with Crippen molar-refractivity contribution in [2.75, 3.05) is 20.2 Å². The van der Waals surface area contributed by atoms with Gasteiger partial charge in [0.1, 0.15) is 0 Å². The van der Waals surface area contributed by atoms with Crippen LogP contribution in [0.2, 0.25) is 0 Å². The normalized spacial score (nSPS) is 32.8. The van der Waals surface area contributed by atoms with E-state index in [0.29, 0.717) is 24.1 Å². The zero-order valence-electron chi connectivity index (χ0n) is 13.3. The molecular formula is C16H29N3O2. The van der Waals surface area contributed by atoms with Gasteiger partial charge in [0.2, 0.25) is 0 Å². The maximum absolute atomic E-state index is 10.2. The number of nitrogens with zero attached hydrogens (tertiary/aromatic N) is 1. The second-order valence-electron chi connectivity index (χ2n) is 6.97. The molecule has 0 bridgehead atoms. The summed E-state index contributed by atoms with van der Waals surface area (Å²) in [6.07, 6.45) is 8.25. The molecule has 0 radical (unpaired) electrons. The summed E-state index contributed by atoms with van der Waals surface area (Å²) < 4.78 is 5.88. The minimum Gasteiger partial charge on any atom is -0.388 e. The second kappa shape index (κ2) is 5.76. The number of guanidine groups is 1. The largest absolute Gasteiger partial charge is 0.388 e. The van der Waals surface area contributed by atoms with Gasteiger partial charge in [0.25, 0.3) is 0 Å². The first kappa shape index (κ1) is 15.1. The van der Waals surface area contributed by atoms with Crippen LogP contribution < -0.4 is 10.6 Å². The second-order valence-corrected chi connectivity index (χ2v) is 6.97. The van der Waals surface area contributed by atoms with Crippen molar-refractivity contribution in [3.63, 3.8) is 0 Å². The SMILES string of the molecule is CCOC1CC(NC(=NC)NCC2(O)CCC2)C12CCC2. The van der Waals surface area contributed by atoms with Gasteiger partial charge in [-0.15, -0.1) is 0 Å². The molecule has 2 atom stereocenters. The third-order valence-electron chi connectivity index (χ3n) is 5.84. The van der Waals surface area contributed by atoms with Crippen LogP contribution in [0.15, 0.2) is 4.99 Å². The van der Waals surface area contributed by atoms with E-state index in [9.17, 15) is 5.11 Å². The van der Waals surface area contributed by atoms with Gasteiger partial charge in [0.05, 0.1) is 11.7 Å². The highest BCUT2D eigenvalue weighted by Gasteiger charge is 2.59. The minimum absolute atomic E-state index is 0.334. The summed E-state index contributed by atoms with van der Waals surface area (Å²) in [7, 11) is 1.80. The fraction of sp³-hybridized carbons (Fsp3) is 0.938. The van der Waals surface area contributed by atoms with Crippen molar-refractivity contribution in [3.05, 3.63) is 0 Å². The van der Waals surface area contributed by atoms with Crippen LogP contribution in [0.25, 0.3) is 0 Å².